The van der Waals surface area contributed by atoms with Crippen molar-refractivity contribution in [1.29, 1.82) is 0 Å². The summed E-state index contributed by atoms with van der Waals surface area (Å²) in [4.78, 5) is 62.8. The number of amides is 4. The van der Waals surface area contributed by atoms with E-state index in [1.807, 2.05) is 0 Å². The minimum Gasteiger partial charge on any atom is -0.477 e. The smallest absolute Gasteiger partial charge is 0.364 e. The second kappa shape index (κ2) is 36.8. The molecule has 7 saturated heterocycles. The molecule has 44 heteroatoms. The zero-order valence-electron chi connectivity index (χ0n) is 54.3. The number of nitrogens with two attached hydrogens (primary N) is 1. The molecule has 0 aromatic carbocycles. The van der Waals surface area contributed by atoms with E-state index in [0.29, 0.717) is 6.42 Å². The Balaban J connectivity index is 1.07. The minimum atomic E-state index is -3.02. The summed E-state index contributed by atoms with van der Waals surface area (Å²) in [5.74, 6) is -8.32. The SMILES string of the molecule is CC(=O)NC1C(OC2C(O)C(CO)OC(OC3C(CO)OC(OC4C(O)C(CO)OC(OC5C(CO)OC(OCCCN)C(NC(C)=O)C5O)C4O)C(NC(C)=O)C3O)C2O)OC(CO)C(OC2OC(COC3(C(=O)O)CC(O)C(NC(C)=O)C([C@H](O)[C@H](O)CO)O3)C(O)C(O)C2O)C1O. The fourth-order valence-electron chi connectivity index (χ4n) is 12.6. The van der Waals surface area contributed by atoms with E-state index in [1.165, 1.54) is 0 Å². The first-order chi connectivity index (χ1) is 47.2. The highest BCUT2D eigenvalue weighted by Crippen LogP contribution is 2.39. The molecule has 44 nitrogen and oxygen atoms in total. The number of hydrogen-bond acceptors (Lipinski definition) is 39. The molecule has 7 heterocycles. The van der Waals surface area contributed by atoms with Crippen LogP contribution in [-0.2, 0) is 90.3 Å². The molecule has 100 heavy (non-hydrogen) atoms. The third-order valence-corrected chi connectivity index (χ3v) is 17.7. The maximum Gasteiger partial charge on any atom is 0.364 e. The van der Waals surface area contributed by atoms with Crippen molar-refractivity contribution in [3.63, 3.8) is 0 Å². The number of carbonyl (C=O) groups is 5. The Labute approximate surface area is 568 Å². The van der Waals surface area contributed by atoms with Gasteiger partial charge in [-0.25, -0.2) is 4.79 Å². The van der Waals surface area contributed by atoms with Crippen molar-refractivity contribution in [3.8, 4) is 0 Å². The van der Waals surface area contributed by atoms with Crippen molar-refractivity contribution in [3.05, 3.63) is 0 Å². The summed E-state index contributed by atoms with van der Waals surface area (Å²) in [6, 6.07) is -6.78. The number of ether oxygens (including phenoxy) is 14. The number of carboxylic acids is 1. The van der Waals surface area contributed by atoms with Gasteiger partial charge in [-0.2, -0.15) is 0 Å². The summed E-state index contributed by atoms with van der Waals surface area (Å²) in [7, 11) is 0. The van der Waals surface area contributed by atoms with Crippen molar-refractivity contribution in [1.82, 2.24) is 21.3 Å². The molecule has 0 aromatic heterocycles. The van der Waals surface area contributed by atoms with Gasteiger partial charge < -0.3 is 195 Å². The standard InChI is InChI=1S/C56H95N5O39/c1-16(68)58-28-20(72)8-56(55(85)86,100-46(28)32(74)21(73)9-62)88-15-27-33(75)39(81)40(82)52(94-27)95-44-25(13-66)92-50(30(37(44)79)60-18(3)70)98-48-35(77)23(11-64)90-54(42(48)84)97-45-26(14-67)93-51(31(38(45)80)61-19(4)71)99-47-34(76)22(10-63)89-53(41(47)83)96-43-24(12-65)91-49(87-7-5-6-57)29(36(43)78)59-17(2)69/h20-54,62-67,72-84H,5-15,57H2,1-4H3,(H,58,68)(H,59,69)(H,60,70)(H,61,71)(H,85,86)/t20?,21-,22?,23?,24?,25?,26?,27?,28?,29?,30?,31?,32-,33?,34?,35?,36?,37?,38?,39?,40?,41?,42?,43?,44?,45?,46?,47?,48?,49?,50?,51?,52?,53?,54?,56?/m1/s1. The molecule has 4 amide bonds. The van der Waals surface area contributed by atoms with E-state index in [0.717, 1.165) is 27.7 Å². The van der Waals surface area contributed by atoms with E-state index in [-0.39, 0.29) is 13.2 Å². The van der Waals surface area contributed by atoms with Crippen LogP contribution in [0.15, 0.2) is 0 Å². The number of nitrogens with one attached hydrogen (secondary N) is 4. The lowest BCUT2D eigenvalue weighted by molar-refractivity contribution is -0.386. The number of aliphatic hydroxyl groups is 19. The van der Waals surface area contributed by atoms with Gasteiger partial charge in [0.25, 0.3) is 5.79 Å². The minimum absolute atomic E-state index is 0.00437. The van der Waals surface area contributed by atoms with Crippen molar-refractivity contribution in [2.45, 2.75) is 261 Å². The third kappa shape index (κ3) is 19.0. The molecular weight excluding hydrogens is 1370 g/mol. The second-order valence-electron chi connectivity index (χ2n) is 25.0. The van der Waals surface area contributed by atoms with E-state index in [9.17, 15) is 126 Å². The molecule has 7 aliphatic rings. The number of carboxylic acid groups (broad SMARTS) is 1. The van der Waals surface area contributed by atoms with Crippen LogP contribution in [-0.4, -0.2) is 411 Å². The Morgan fingerprint density at radius 3 is 1.19 bits per heavy atom. The highest BCUT2D eigenvalue weighted by molar-refractivity contribution is 5.77. The van der Waals surface area contributed by atoms with E-state index in [4.69, 9.17) is 72.0 Å². The van der Waals surface area contributed by atoms with E-state index < -0.39 is 303 Å². The first-order valence-corrected chi connectivity index (χ1v) is 31.9. The van der Waals surface area contributed by atoms with Gasteiger partial charge >= 0.3 is 5.97 Å². The molecule has 578 valence electrons. The number of hydrogen-bond donors (Lipinski definition) is 25. The lowest BCUT2D eigenvalue weighted by Gasteiger charge is -2.51. The molecule has 7 aliphatic heterocycles. The fourth-order valence-corrected chi connectivity index (χ4v) is 12.6. The van der Waals surface area contributed by atoms with E-state index in [1.54, 1.807) is 0 Å². The van der Waals surface area contributed by atoms with Gasteiger partial charge in [0.15, 0.2) is 37.7 Å². The number of aliphatic hydroxyl groups excluding tert-OH is 19. The normalized spacial score (nSPS) is 44.7. The monoisotopic (exact) mass is 1460 g/mol. The summed E-state index contributed by atoms with van der Waals surface area (Å²) >= 11 is 0. The second-order valence-corrected chi connectivity index (χ2v) is 25.0. The molecule has 7 rings (SSSR count). The van der Waals surface area contributed by atoms with Crippen molar-refractivity contribution >= 4 is 29.6 Å². The van der Waals surface area contributed by atoms with Crippen LogP contribution in [0.4, 0.5) is 0 Å². The fraction of sp³-hybridized carbons (Fsp3) is 0.911. The van der Waals surface area contributed by atoms with Gasteiger partial charge in [-0.3, -0.25) is 19.2 Å². The molecule has 0 bridgehead atoms. The third-order valence-electron chi connectivity index (χ3n) is 17.7. The average molecular weight is 1460 g/mol. The van der Waals surface area contributed by atoms with Gasteiger partial charge in [0.2, 0.25) is 23.6 Å². The van der Waals surface area contributed by atoms with Gasteiger partial charge in [0.1, 0.15) is 165 Å². The van der Waals surface area contributed by atoms with Crippen LogP contribution in [0.25, 0.3) is 0 Å². The highest BCUT2D eigenvalue weighted by atomic mass is 16.8. The van der Waals surface area contributed by atoms with Gasteiger partial charge in [-0.1, -0.05) is 0 Å². The predicted octanol–water partition coefficient (Wildman–Crippen LogP) is -16.1. The van der Waals surface area contributed by atoms with E-state index in [2.05, 4.69) is 21.3 Å². The molecule has 0 aromatic rings. The van der Waals surface area contributed by atoms with Crippen LogP contribution in [0.2, 0.25) is 0 Å². The van der Waals surface area contributed by atoms with Crippen molar-refractivity contribution < 1.29 is 192 Å². The average Bonchev–Trinajstić information content (AvgIpc) is 0.776. The van der Waals surface area contributed by atoms with Crippen LogP contribution < -0.4 is 27.0 Å². The van der Waals surface area contributed by atoms with Gasteiger partial charge in [0, 0.05) is 34.1 Å². The van der Waals surface area contributed by atoms with Crippen molar-refractivity contribution in [2.24, 2.45) is 5.73 Å². The van der Waals surface area contributed by atoms with Gasteiger partial charge in [0.05, 0.1) is 65.0 Å². The molecule has 34 unspecified atom stereocenters. The molecular formula is C56H95N5O39. The first-order valence-electron chi connectivity index (χ1n) is 31.9. The molecule has 36 atom stereocenters. The highest BCUT2D eigenvalue weighted by Gasteiger charge is 2.61. The Morgan fingerprint density at radius 1 is 0.450 bits per heavy atom. The van der Waals surface area contributed by atoms with Crippen LogP contribution in [0.3, 0.4) is 0 Å². The number of aliphatic carboxylic acids is 1. The predicted molar refractivity (Wildman–Crippen MR) is 313 cm³/mol. The quantitative estimate of drug-likeness (QED) is 0.0297. The molecule has 26 N–H and O–H groups in total. The lowest BCUT2D eigenvalue weighted by Crippen LogP contribution is -2.71. The molecule has 0 saturated carbocycles. The Morgan fingerprint density at radius 2 is 0.810 bits per heavy atom. The molecule has 0 radical (unpaired) electrons. The molecule has 0 spiro atoms. The largest absolute Gasteiger partial charge is 0.477 e. The molecule has 0 aliphatic carbocycles. The summed E-state index contributed by atoms with van der Waals surface area (Å²) in [6.07, 6.45) is -62.8. The van der Waals surface area contributed by atoms with Crippen molar-refractivity contribution in [2.75, 3.05) is 59.4 Å². The zero-order chi connectivity index (χ0) is 74.1. The summed E-state index contributed by atoms with van der Waals surface area (Å²) < 4.78 is 81.6. The topological polar surface area (TPSA) is 693 Å². The Hall–Kier alpha value is -4.01. The van der Waals surface area contributed by atoms with E-state index >= 15 is 0 Å². The van der Waals surface area contributed by atoms with Crippen LogP contribution >= 0.6 is 0 Å². The maximum atomic E-state index is 12.9. The summed E-state index contributed by atoms with van der Waals surface area (Å²) in [5, 5.41) is 230. The summed E-state index contributed by atoms with van der Waals surface area (Å²) in [5.41, 5.74) is 5.57. The van der Waals surface area contributed by atoms with Gasteiger partial charge in [-0.15, -0.1) is 0 Å². The Kier molecular flexibility index (Phi) is 30.6. The van der Waals surface area contributed by atoms with Crippen LogP contribution in [0.5, 0.6) is 0 Å². The number of rotatable bonds is 30. The zero-order valence-corrected chi connectivity index (χ0v) is 54.3. The summed E-state index contributed by atoms with van der Waals surface area (Å²) in [6.45, 7) is -3.30. The Bertz CT molecular complexity index is 2620. The molecule has 7 fully saturated rings. The lowest BCUT2D eigenvalue weighted by atomic mass is 9.88. The first kappa shape index (κ1) is 83.3. The van der Waals surface area contributed by atoms with Gasteiger partial charge in [-0.05, 0) is 13.0 Å². The number of carbonyl (C=O) groups excluding carboxylic acids is 4. The van der Waals surface area contributed by atoms with Crippen LogP contribution in [0.1, 0.15) is 40.5 Å². The van der Waals surface area contributed by atoms with Crippen LogP contribution in [0, 0.1) is 0 Å². The maximum absolute atomic E-state index is 12.9.